The Kier molecular flexibility index (Phi) is 9.41. The summed E-state index contributed by atoms with van der Waals surface area (Å²) < 4.78 is 5.71. The number of halogens is 1. The Labute approximate surface area is 238 Å². The molecule has 1 fully saturated rings. The number of ether oxygens (including phenoxy) is 1. The van der Waals surface area contributed by atoms with Gasteiger partial charge in [-0.15, -0.1) is 0 Å². The first-order chi connectivity index (χ1) is 19.4. The molecule has 1 aromatic heterocycles. The molecule has 4 rings (SSSR count). The lowest BCUT2D eigenvalue weighted by atomic mass is 10.1. The van der Waals surface area contributed by atoms with Crippen molar-refractivity contribution < 1.29 is 14.3 Å². The van der Waals surface area contributed by atoms with Crippen molar-refractivity contribution >= 4 is 57.9 Å². The summed E-state index contributed by atoms with van der Waals surface area (Å²) in [6, 6.07) is 10.7. The molecular formula is C28H33ClN8O3. The van der Waals surface area contributed by atoms with Crippen LogP contribution >= 0.6 is 11.6 Å². The van der Waals surface area contributed by atoms with Crippen LogP contribution in [0, 0.1) is 0 Å². The van der Waals surface area contributed by atoms with Crippen LogP contribution in [0.2, 0.25) is 5.02 Å². The molecule has 2 aromatic carbocycles. The van der Waals surface area contributed by atoms with Gasteiger partial charge in [0.05, 0.1) is 41.6 Å². The number of piperazine rings is 1. The highest BCUT2D eigenvalue weighted by molar-refractivity contribution is 6.33. The van der Waals surface area contributed by atoms with E-state index in [1.807, 2.05) is 6.07 Å². The molecule has 0 radical (unpaired) electrons. The Morgan fingerprint density at radius 1 is 1.10 bits per heavy atom. The van der Waals surface area contributed by atoms with E-state index < -0.39 is 0 Å². The predicted molar refractivity (Wildman–Crippen MR) is 160 cm³/mol. The van der Waals surface area contributed by atoms with Gasteiger partial charge in [-0.2, -0.15) is 4.98 Å². The Morgan fingerprint density at radius 2 is 1.85 bits per heavy atom. The summed E-state index contributed by atoms with van der Waals surface area (Å²) in [5.41, 5.74) is 2.96. The van der Waals surface area contributed by atoms with E-state index in [1.54, 1.807) is 44.5 Å². The van der Waals surface area contributed by atoms with Gasteiger partial charge in [0.25, 0.3) is 5.91 Å². The van der Waals surface area contributed by atoms with Crippen LogP contribution in [0.15, 0.2) is 55.3 Å². The number of nitrogens with zero attached hydrogens (tertiary/aromatic N) is 4. The topological polar surface area (TPSA) is 124 Å². The standard InChI is InChI=1S/C28H33ClN8O3/c1-5-25(38)32-21-15-22(24(40-4)16-23(21)37-13-11-36(6-2)12-14-37)34-28-31-17-19(29)26(35-28)33-20-10-8-7-9-18(20)27(39)30-3/h5,7-10,15-17H,1,6,11-14H2,2-4H3,(H,30,39)(H,32,38)(H2,31,33,34,35). The molecule has 3 aromatic rings. The van der Waals surface area contributed by atoms with E-state index in [0.717, 1.165) is 38.4 Å². The van der Waals surface area contributed by atoms with Crippen LogP contribution in [0.5, 0.6) is 5.75 Å². The molecule has 4 N–H and O–H groups in total. The number of hydrogen-bond acceptors (Lipinski definition) is 9. The van der Waals surface area contributed by atoms with Crippen molar-refractivity contribution in [3.05, 3.63) is 65.8 Å². The van der Waals surface area contributed by atoms with Crippen LogP contribution < -0.4 is 30.9 Å². The van der Waals surface area contributed by atoms with Crippen LogP contribution in [0.3, 0.4) is 0 Å². The highest BCUT2D eigenvalue weighted by Gasteiger charge is 2.22. The molecule has 210 valence electrons. The van der Waals surface area contributed by atoms with Gasteiger partial charge >= 0.3 is 0 Å². The van der Waals surface area contributed by atoms with Crippen molar-refractivity contribution in [2.24, 2.45) is 0 Å². The molecule has 0 bridgehead atoms. The molecule has 0 spiro atoms. The van der Waals surface area contributed by atoms with Crippen LogP contribution in [-0.2, 0) is 4.79 Å². The Balaban J connectivity index is 1.66. The Bertz CT molecular complexity index is 1390. The van der Waals surface area contributed by atoms with Crippen molar-refractivity contribution in [3.8, 4) is 5.75 Å². The monoisotopic (exact) mass is 564 g/mol. The number of benzene rings is 2. The zero-order chi connectivity index (χ0) is 28.6. The zero-order valence-electron chi connectivity index (χ0n) is 22.8. The number of anilines is 6. The van der Waals surface area contributed by atoms with Crippen LogP contribution in [0.4, 0.5) is 34.5 Å². The van der Waals surface area contributed by atoms with E-state index >= 15 is 0 Å². The normalized spacial score (nSPS) is 13.3. The lowest BCUT2D eigenvalue weighted by molar-refractivity contribution is -0.111. The fourth-order valence-corrected chi connectivity index (χ4v) is 4.51. The number of para-hydroxylation sites is 1. The Hall–Kier alpha value is -4.35. The number of hydrogen-bond donors (Lipinski definition) is 4. The molecule has 1 aliphatic heterocycles. The maximum Gasteiger partial charge on any atom is 0.253 e. The SMILES string of the molecule is C=CC(=O)Nc1cc(Nc2ncc(Cl)c(Nc3ccccc3C(=O)NC)n2)c(OC)cc1N1CCN(CC)CC1. The van der Waals surface area contributed by atoms with Crippen LogP contribution in [0.25, 0.3) is 0 Å². The van der Waals surface area contributed by atoms with Gasteiger partial charge in [0.15, 0.2) is 5.82 Å². The van der Waals surface area contributed by atoms with E-state index in [-0.39, 0.29) is 22.8 Å². The molecule has 0 unspecified atom stereocenters. The molecule has 2 amide bonds. The third-order valence-electron chi connectivity index (χ3n) is 6.56. The molecule has 0 aliphatic carbocycles. The first-order valence-corrected chi connectivity index (χ1v) is 13.2. The molecular weight excluding hydrogens is 532 g/mol. The summed E-state index contributed by atoms with van der Waals surface area (Å²) in [6.07, 6.45) is 2.68. The number of carbonyl (C=O) groups is 2. The first kappa shape index (κ1) is 28.7. The van der Waals surface area contributed by atoms with Gasteiger partial charge in [-0.05, 0) is 30.8 Å². The fourth-order valence-electron chi connectivity index (χ4n) is 4.37. The van der Waals surface area contributed by atoms with E-state index in [1.165, 1.54) is 12.3 Å². The van der Waals surface area contributed by atoms with Crippen molar-refractivity contribution in [1.29, 1.82) is 0 Å². The van der Waals surface area contributed by atoms with Crippen LogP contribution in [-0.4, -0.2) is 73.6 Å². The summed E-state index contributed by atoms with van der Waals surface area (Å²) >= 11 is 6.39. The maximum atomic E-state index is 12.3. The van der Waals surface area contributed by atoms with Gasteiger partial charge in [0, 0.05) is 39.3 Å². The van der Waals surface area contributed by atoms with E-state index in [2.05, 4.69) is 54.5 Å². The summed E-state index contributed by atoms with van der Waals surface area (Å²) in [5.74, 6) is 0.505. The summed E-state index contributed by atoms with van der Waals surface area (Å²) in [7, 11) is 3.14. The second-order valence-corrected chi connectivity index (χ2v) is 9.36. The summed E-state index contributed by atoms with van der Waals surface area (Å²) in [4.78, 5) is 38.1. The first-order valence-electron chi connectivity index (χ1n) is 12.9. The Morgan fingerprint density at radius 3 is 2.52 bits per heavy atom. The quantitative estimate of drug-likeness (QED) is 0.267. The zero-order valence-corrected chi connectivity index (χ0v) is 23.5. The second kappa shape index (κ2) is 13.1. The number of amides is 2. The molecule has 2 heterocycles. The molecule has 0 saturated carbocycles. The van der Waals surface area contributed by atoms with Gasteiger partial charge in [0.2, 0.25) is 11.9 Å². The van der Waals surface area contributed by atoms with Gasteiger partial charge < -0.3 is 35.8 Å². The van der Waals surface area contributed by atoms with Crippen molar-refractivity contribution in [2.45, 2.75) is 6.92 Å². The fraction of sp³-hybridized carbons (Fsp3) is 0.286. The third-order valence-corrected chi connectivity index (χ3v) is 6.84. The number of rotatable bonds is 10. The second-order valence-electron chi connectivity index (χ2n) is 8.95. The van der Waals surface area contributed by atoms with E-state index in [0.29, 0.717) is 34.2 Å². The average molecular weight is 565 g/mol. The number of carbonyl (C=O) groups excluding carboxylic acids is 2. The summed E-state index contributed by atoms with van der Waals surface area (Å²) in [5, 5.41) is 12.1. The molecule has 40 heavy (non-hydrogen) atoms. The number of aromatic nitrogens is 2. The molecule has 1 saturated heterocycles. The van der Waals surface area contributed by atoms with Gasteiger partial charge in [-0.3, -0.25) is 9.59 Å². The molecule has 12 heteroatoms. The third kappa shape index (κ3) is 6.61. The van der Waals surface area contributed by atoms with Crippen molar-refractivity contribution in [1.82, 2.24) is 20.2 Å². The van der Waals surface area contributed by atoms with Crippen LogP contribution in [0.1, 0.15) is 17.3 Å². The highest BCUT2D eigenvalue weighted by Crippen LogP contribution is 2.39. The number of likely N-dealkylation sites (N-methyl/N-ethyl adjacent to an activating group) is 1. The van der Waals surface area contributed by atoms with Crippen molar-refractivity contribution in [3.63, 3.8) is 0 Å². The molecule has 11 nitrogen and oxygen atoms in total. The highest BCUT2D eigenvalue weighted by atomic mass is 35.5. The minimum Gasteiger partial charge on any atom is -0.494 e. The molecule has 1 aliphatic rings. The minimum absolute atomic E-state index is 0.230. The smallest absolute Gasteiger partial charge is 0.253 e. The largest absolute Gasteiger partial charge is 0.494 e. The summed E-state index contributed by atoms with van der Waals surface area (Å²) in [6.45, 7) is 10.2. The lowest BCUT2D eigenvalue weighted by Crippen LogP contribution is -2.46. The van der Waals surface area contributed by atoms with Crippen molar-refractivity contribution in [2.75, 3.05) is 67.7 Å². The number of methoxy groups -OCH3 is 1. The lowest BCUT2D eigenvalue weighted by Gasteiger charge is -2.36. The average Bonchev–Trinajstić information content (AvgIpc) is 2.98. The molecule has 0 atom stereocenters. The van der Waals surface area contributed by atoms with E-state index in [4.69, 9.17) is 16.3 Å². The maximum absolute atomic E-state index is 12.3. The minimum atomic E-state index is -0.325. The van der Waals surface area contributed by atoms with E-state index in [9.17, 15) is 9.59 Å². The van der Waals surface area contributed by atoms with Gasteiger partial charge in [0.1, 0.15) is 10.8 Å². The van der Waals surface area contributed by atoms with Gasteiger partial charge in [-0.25, -0.2) is 4.98 Å². The van der Waals surface area contributed by atoms with Gasteiger partial charge in [-0.1, -0.05) is 37.2 Å². The predicted octanol–water partition coefficient (Wildman–Crippen LogP) is 4.25. The number of nitrogens with one attached hydrogen (secondary N) is 4.